The molecule has 0 spiro atoms. The van der Waals surface area contributed by atoms with Crippen LogP contribution in [-0.4, -0.2) is 38.7 Å². The molecule has 1 N–H and O–H groups in total. The first-order valence-electron chi connectivity index (χ1n) is 8.38. The number of thiophene rings is 1. The fraction of sp³-hybridized carbons (Fsp3) is 0.278. The van der Waals surface area contributed by atoms with Crippen LogP contribution < -0.4 is 5.32 Å². The molecule has 2 heterocycles. The van der Waals surface area contributed by atoms with E-state index >= 15 is 0 Å². The lowest BCUT2D eigenvalue weighted by atomic mass is 10.0. The van der Waals surface area contributed by atoms with Gasteiger partial charge in [-0.1, -0.05) is 30.3 Å². The topological polar surface area (TPSA) is 99.0 Å². The van der Waals surface area contributed by atoms with Gasteiger partial charge in [-0.2, -0.15) is 0 Å². The molecule has 0 bridgehead atoms. The maximum Gasteiger partial charge on any atom is 0.341 e. The molecule has 3 rings (SSSR count). The number of carbonyl (C=O) groups is 2. The lowest BCUT2D eigenvalue weighted by Gasteiger charge is -2.09. The van der Waals surface area contributed by atoms with Crippen LogP contribution in [0.4, 0.5) is 5.00 Å². The van der Waals surface area contributed by atoms with E-state index in [2.05, 4.69) is 20.8 Å². The third kappa shape index (κ3) is 4.03. The van der Waals surface area contributed by atoms with Gasteiger partial charge in [0.25, 0.3) is 0 Å². The van der Waals surface area contributed by atoms with Crippen LogP contribution in [0.3, 0.4) is 0 Å². The van der Waals surface area contributed by atoms with E-state index < -0.39 is 5.97 Å². The van der Waals surface area contributed by atoms with E-state index in [1.807, 2.05) is 37.3 Å². The van der Waals surface area contributed by atoms with Gasteiger partial charge in [-0.15, -0.1) is 16.4 Å². The summed E-state index contributed by atoms with van der Waals surface area (Å²) < 4.78 is 6.66. The summed E-state index contributed by atoms with van der Waals surface area (Å²) >= 11 is 1.34. The molecule has 2 aromatic heterocycles. The third-order valence-electron chi connectivity index (χ3n) is 3.91. The lowest BCUT2D eigenvalue weighted by Crippen LogP contribution is -2.18. The van der Waals surface area contributed by atoms with E-state index in [1.54, 1.807) is 14.0 Å². The van der Waals surface area contributed by atoms with Crippen LogP contribution in [0.15, 0.2) is 30.3 Å². The largest absolute Gasteiger partial charge is 0.462 e. The zero-order chi connectivity index (χ0) is 19.4. The third-order valence-corrected chi connectivity index (χ3v) is 4.93. The van der Waals surface area contributed by atoms with Crippen LogP contribution in [0.1, 0.15) is 28.0 Å². The van der Waals surface area contributed by atoms with Crippen molar-refractivity contribution in [3.63, 3.8) is 0 Å². The maximum atomic E-state index is 12.6. The average Bonchev–Trinajstić information content (AvgIpc) is 3.18. The lowest BCUT2D eigenvalue weighted by molar-refractivity contribution is -0.115. The Hall–Kier alpha value is -3.07. The number of hydrogen-bond donors (Lipinski definition) is 1. The van der Waals surface area contributed by atoms with Crippen LogP contribution in [0.5, 0.6) is 0 Å². The van der Waals surface area contributed by atoms with Gasteiger partial charge in [-0.25, -0.2) is 9.48 Å². The van der Waals surface area contributed by atoms with Gasteiger partial charge in [0.2, 0.25) is 5.91 Å². The number of tetrazole rings is 1. The van der Waals surface area contributed by atoms with Crippen molar-refractivity contribution >= 4 is 28.2 Å². The molecule has 3 aromatic rings. The second-order valence-corrected chi connectivity index (χ2v) is 6.99. The molecule has 0 fully saturated rings. The number of ether oxygens (including phenoxy) is 1. The first-order chi connectivity index (χ1) is 13.0. The number of esters is 1. The summed E-state index contributed by atoms with van der Waals surface area (Å²) in [6.45, 7) is 3.91. The normalized spacial score (nSPS) is 10.6. The Labute approximate surface area is 160 Å². The van der Waals surface area contributed by atoms with E-state index in [1.165, 1.54) is 16.0 Å². The van der Waals surface area contributed by atoms with E-state index in [4.69, 9.17) is 4.74 Å². The Bertz CT molecular complexity index is 965. The highest BCUT2D eigenvalue weighted by Crippen LogP contribution is 2.40. The molecular formula is C18H19N5O3S. The number of nitrogens with one attached hydrogen (secondary N) is 1. The zero-order valence-electron chi connectivity index (χ0n) is 15.2. The number of aromatic nitrogens is 4. The van der Waals surface area contributed by atoms with Crippen molar-refractivity contribution in [1.29, 1.82) is 0 Å². The summed E-state index contributed by atoms with van der Waals surface area (Å²) in [7, 11) is 1.66. The predicted octanol–water partition coefficient (Wildman–Crippen LogP) is 2.60. The van der Waals surface area contributed by atoms with Gasteiger partial charge >= 0.3 is 5.97 Å². The summed E-state index contributed by atoms with van der Waals surface area (Å²) in [5.74, 6) is -0.336. The number of amides is 1. The number of anilines is 1. The summed E-state index contributed by atoms with van der Waals surface area (Å²) in [6, 6.07) is 9.57. The van der Waals surface area contributed by atoms with Crippen molar-refractivity contribution in [2.24, 2.45) is 7.05 Å². The highest BCUT2D eigenvalue weighted by Gasteiger charge is 2.25. The highest BCUT2D eigenvalue weighted by atomic mass is 32.1. The highest BCUT2D eigenvalue weighted by molar-refractivity contribution is 7.17. The summed E-state index contributed by atoms with van der Waals surface area (Å²) in [5.41, 5.74) is 2.04. The molecule has 27 heavy (non-hydrogen) atoms. The van der Waals surface area contributed by atoms with Gasteiger partial charge in [-0.05, 0) is 29.8 Å². The molecule has 0 radical (unpaired) electrons. The SMILES string of the molecule is CCOC(=O)c1c(NC(=O)Cc2nnnn2C)sc(C)c1-c1ccccc1. The Kier molecular flexibility index (Phi) is 5.60. The first kappa shape index (κ1) is 18.7. The molecule has 0 aliphatic carbocycles. The number of carbonyl (C=O) groups excluding carboxylic acids is 2. The monoisotopic (exact) mass is 385 g/mol. The van der Waals surface area contributed by atoms with Gasteiger partial charge in [0, 0.05) is 17.5 Å². The smallest absolute Gasteiger partial charge is 0.341 e. The summed E-state index contributed by atoms with van der Waals surface area (Å²) in [6.07, 6.45) is 0.00336. The molecule has 1 amide bonds. The minimum atomic E-state index is -0.462. The van der Waals surface area contributed by atoms with Crippen molar-refractivity contribution in [3.05, 3.63) is 46.6 Å². The van der Waals surface area contributed by atoms with Gasteiger partial charge in [0.15, 0.2) is 5.82 Å². The predicted molar refractivity (Wildman–Crippen MR) is 102 cm³/mol. The zero-order valence-corrected chi connectivity index (χ0v) is 16.0. The molecule has 0 aliphatic heterocycles. The molecule has 0 unspecified atom stereocenters. The van der Waals surface area contributed by atoms with Gasteiger partial charge < -0.3 is 10.1 Å². The second kappa shape index (κ2) is 8.09. The molecule has 8 nitrogen and oxygen atoms in total. The number of nitrogens with zero attached hydrogens (tertiary/aromatic N) is 4. The average molecular weight is 385 g/mol. The van der Waals surface area contributed by atoms with Crippen LogP contribution in [-0.2, 0) is 23.0 Å². The van der Waals surface area contributed by atoms with Gasteiger partial charge in [0.1, 0.15) is 10.6 Å². The maximum absolute atomic E-state index is 12.6. The van der Waals surface area contributed by atoms with Crippen molar-refractivity contribution < 1.29 is 14.3 Å². The number of hydrogen-bond acceptors (Lipinski definition) is 7. The Morgan fingerprint density at radius 1 is 1.26 bits per heavy atom. The molecule has 0 aliphatic rings. The van der Waals surface area contributed by atoms with E-state index in [0.717, 1.165) is 16.0 Å². The summed E-state index contributed by atoms with van der Waals surface area (Å²) in [5, 5.41) is 14.3. The van der Waals surface area contributed by atoms with Crippen LogP contribution in [0.2, 0.25) is 0 Å². The molecule has 9 heteroatoms. The van der Waals surface area contributed by atoms with Crippen molar-refractivity contribution in [3.8, 4) is 11.1 Å². The van der Waals surface area contributed by atoms with Crippen molar-refractivity contribution in [1.82, 2.24) is 20.2 Å². The number of rotatable bonds is 6. The molecule has 0 atom stereocenters. The number of benzene rings is 1. The van der Waals surface area contributed by atoms with Crippen molar-refractivity contribution in [2.75, 3.05) is 11.9 Å². The van der Waals surface area contributed by atoms with Gasteiger partial charge in [0.05, 0.1) is 13.0 Å². The molecular weight excluding hydrogens is 366 g/mol. The van der Waals surface area contributed by atoms with E-state index in [0.29, 0.717) is 16.4 Å². The van der Waals surface area contributed by atoms with Gasteiger partial charge in [-0.3, -0.25) is 4.79 Å². The minimum absolute atomic E-state index is 0.00336. The van der Waals surface area contributed by atoms with Crippen LogP contribution >= 0.6 is 11.3 Å². The van der Waals surface area contributed by atoms with E-state index in [9.17, 15) is 9.59 Å². The van der Waals surface area contributed by atoms with E-state index in [-0.39, 0.29) is 18.9 Å². The Balaban J connectivity index is 1.96. The molecule has 0 saturated heterocycles. The number of aryl methyl sites for hydroxylation is 2. The standard InChI is InChI=1S/C18H19N5O3S/c1-4-26-18(25)16-15(12-8-6-5-7-9-12)11(2)27-17(16)19-14(24)10-13-20-21-22-23(13)3/h5-9H,4,10H2,1-3H3,(H,19,24). The second-order valence-electron chi connectivity index (χ2n) is 5.77. The van der Waals surface area contributed by atoms with Crippen LogP contribution in [0, 0.1) is 6.92 Å². The Morgan fingerprint density at radius 3 is 2.63 bits per heavy atom. The quantitative estimate of drug-likeness (QED) is 0.655. The Morgan fingerprint density at radius 2 is 2.00 bits per heavy atom. The molecule has 0 saturated carbocycles. The molecule has 1 aromatic carbocycles. The minimum Gasteiger partial charge on any atom is -0.462 e. The first-order valence-corrected chi connectivity index (χ1v) is 9.20. The van der Waals surface area contributed by atoms with Crippen LogP contribution in [0.25, 0.3) is 11.1 Å². The fourth-order valence-corrected chi connectivity index (χ4v) is 3.78. The summed E-state index contributed by atoms with van der Waals surface area (Å²) in [4.78, 5) is 26.0. The fourth-order valence-electron chi connectivity index (χ4n) is 2.70. The molecule has 140 valence electrons. The van der Waals surface area contributed by atoms with Crippen molar-refractivity contribution in [2.45, 2.75) is 20.3 Å².